The summed E-state index contributed by atoms with van der Waals surface area (Å²) in [5.74, 6) is 0.00544. The Labute approximate surface area is 181 Å². The Kier molecular flexibility index (Phi) is 5.86. The van der Waals surface area contributed by atoms with Gasteiger partial charge in [-0.3, -0.25) is 4.79 Å². The highest BCUT2D eigenvalue weighted by molar-refractivity contribution is 7.16. The van der Waals surface area contributed by atoms with Crippen molar-refractivity contribution in [1.82, 2.24) is 15.0 Å². The number of rotatable bonds is 4. The molecule has 2 heterocycles. The van der Waals surface area contributed by atoms with Crippen molar-refractivity contribution < 1.29 is 18.0 Å². The number of anilines is 2. The second kappa shape index (κ2) is 8.58. The Bertz CT molecular complexity index is 1150. The fraction of sp³-hybridized carbons (Fsp3) is 0.273. The zero-order valence-electron chi connectivity index (χ0n) is 16.7. The smallest absolute Gasteiger partial charge is 0.324 e. The summed E-state index contributed by atoms with van der Waals surface area (Å²) in [6.45, 7) is 1.90. The predicted octanol–water partition coefficient (Wildman–Crippen LogP) is 6.20. The lowest BCUT2D eigenvalue weighted by Crippen LogP contribution is -2.10. The molecule has 0 unspecified atom stereocenters. The average molecular weight is 444 g/mol. The molecule has 5 nitrogen and oxygen atoms in total. The van der Waals surface area contributed by atoms with Gasteiger partial charge in [0.05, 0.1) is 4.88 Å². The summed E-state index contributed by atoms with van der Waals surface area (Å²) in [7, 11) is 0. The van der Waals surface area contributed by atoms with Crippen LogP contribution < -0.4 is 5.32 Å². The molecule has 160 valence electrons. The van der Waals surface area contributed by atoms with E-state index < -0.39 is 11.9 Å². The Hall–Kier alpha value is -3.07. The number of carbonyl (C=O) groups excluding carboxylic acids is 1. The Morgan fingerprint density at radius 3 is 2.71 bits per heavy atom. The van der Waals surface area contributed by atoms with Crippen LogP contribution in [0.5, 0.6) is 0 Å². The number of allylic oxidation sites excluding steroid dienone is 2. The second-order valence-corrected chi connectivity index (χ2v) is 8.38. The highest BCUT2D eigenvalue weighted by Crippen LogP contribution is 2.35. The maximum Gasteiger partial charge on any atom is 0.433 e. The number of hydrogen-bond acceptors (Lipinski definition) is 6. The molecule has 4 rings (SSSR count). The summed E-state index contributed by atoms with van der Waals surface area (Å²) in [5, 5.41) is 3.68. The summed E-state index contributed by atoms with van der Waals surface area (Å²) in [5.41, 5.74) is 2.33. The van der Waals surface area contributed by atoms with E-state index >= 15 is 0 Å². The van der Waals surface area contributed by atoms with Gasteiger partial charge in [0.15, 0.2) is 5.78 Å². The fourth-order valence-corrected chi connectivity index (χ4v) is 4.33. The molecule has 1 aliphatic rings. The normalized spacial score (nSPS) is 14.8. The van der Waals surface area contributed by atoms with Gasteiger partial charge in [0.1, 0.15) is 10.7 Å². The van der Waals surface area contributed by atoms with Gasteiger partial charge in [0.25, 0.3) is 0 Å². The summed E-state index contributed by atoms with van der Waals surface area (Å²) in [6.07, 6.45) is 3.25. The maximum atomic E-state index is 12.9. The SMILES string of the molecule is Cc1cc(Nc2nccc(C(F)(F)F)n2)cc(-c2cnc(C3=CC(=O)CCCC3)s2)c1. The van der Waals surface area contributed by atoms with Crippen LogP contribution in [0.3, 0.4) is 0 Å². The van der Waals surface area contributed by atoms with E-state index in [1.165, 1.54) is 11.3 Å². The van der Waals surface area contributed by atoms with Crippen LogP contribution in [0.1, 0.15) is 41.9 Å². The van der Waals surface area contributed by atoms with E-state index in [0.717, 1.165) is 58.1 Å². The van der Waals surface area contributed by atoms with Crippen molar-refractivity contribution >= 4 is 34.3 Å². The van der Waals surface area contributed by atoms with Crippen LogP contribution in [0, 0.1) is 6.92 Å². The van der Waals surface area contributed by atoms with Crippen LogP contribution in [0.2, 0.25) is 0 Å². The van der Waals surface area contributed by atoms with Crippen molar-refractivity contribution in [1.29, 1.82) is 0 Å². The third kappa shape index (κ3) is 5.16. The lowest BCUT2D eigenvalue weighted by atomic mass is 10.1. The van der Waals surface area contributed by atoms with Crippen molar-refractivity contribution in [3.63, 3.8) is 0 Å². The van der Waals surface area contributed by atoms with Gasteiger partial charge in [0, 0.05) is 24.5 Å². The van der Waals surface area contributed by atoms with Gasteiger partial charge >= 0.3 is 6.18 Å². The van der Waals surface area contributed by atoms with Crippen LogP contribution >= 0.6 is 11.3 Å². The topological polar surface area (TPSA) is 67.8 Å². The second-order valence-electron chi connectivity index (χ2n) is 7.35. The maximum absolute atomic E-state index is 12.9. The molecule has 2 aromatic heterocycles. The van der Waals surface area contributed by atoms with E-state index in [-0.39, 0.29) is 11.7 Å². The Morgan fingerprint density at radius 1 is 1.10 bits per heavy atom. The lowest BCUT2D eigenvalue weighted by Gasteiger charge is -2.10. The molecule has 0 saturated carbocycles. The van der Waals surface area contributed by atoms with Crippen molar-refractivity contribution in [2.24, 2.45) is 0 Å². The van der Waals surface area contributed by atoms with Gasteiger partial charge in [-0.05, 0) is 67.2 Å². The van der Waals surface area contributed by atoms with Crippen molar-refractivity contribution in [2.75, 3.05) is 5.32 Å². The highest BCUT2D eigenvalue weighted by Gasteiger charge is 2.32. The van der Waals surface area contributed by atoms with E-state index in [0.29, 0.717) is 12.1 Å². The van der Waals surface area contributed by atoms with Gasteiger partial charge in [-0.2, -0.15) is 13.2 Å². The van der Waals surface area contributed by atoms with E-state index in [1.807, 2.05) is 25.1 Å². The summed E-state index contributed by atoms with van der Waals surface area (Å²) in [4.78, 5) is 24.8. The molecule has 0 bridgehead atoms. The van der Waals surface area contributed by atoms with Crippen LogP contribution in [0.15, 0.2) is 42.7 Å². The fourth-order valence-electron chi connectivity index (χ4n) is 3.38. The molecule has 1 N–H and O–H groups in total. The third-order valence-electron chi connectivity index (χ3n) is 4.80. The number of aryl methyl sites for hydroxylation is 1. The highest BCUT2D eigenvalue weighted by atomic mass is 32.1. The van der Waals surface area contributed by atoms with Crippen LogP contribution in [-0.4, -0.2) is 20.7 Å². The number of alkyl halides is 3. The number of halogens is 3. The molecule has 0 atom stereocenters. The summed E-state index contributed by atoms with van der Waals surface area (Å²) < 4.78 is 38.7. The van der Waals surface area contributed by atoms with E-state index in [4.69, 9.17) is 0 Å². The standard InChI is InChI=1S/C22H19F3N4OS/c1-13-8-15(18-12-27-20(31-18)14-4-2-3-5-17(30)11-14)10-16(9-13)28-21-26-7-6-19(29-21)22(23,24)25/h6-12H,2-5H2,1H3,(H,26,28,29). The molecule has 0 spiro atoms. The number of nitrogens with one attached hydrogen (secondary N) is 1. The molecule has 0 aliphatic heterocycles. The molecule has 31 heavy (non-hydrogen) atoms. The number of aromatic nitrogens is 3. The monoisotopic (exact) mass is 444 g/mol. The van der Waals surface area contributed by atoms with E-state index in [9.17, 15) is 18.0 Å². The Balaban J connectivity index is 1.61. The molecule has 1 aliphatic carbocycles. The van der Waals surface area contributed by atoms with Crippen molar-refractivity contribution in [3.05, 3.63) is 59.0 Å². The number of hydrogen-bond donors (Lipinski definition) is 1. The zero-order chi connectivity index (χ0) is 22.0. The first-order valence-electron chi connectivity index (χ1n) is 9.77. The number of thiazole rings is 1. The molecule has 0 fully saturated rings. The minimum absolute atomic E-state index is 0.126. The summed E-state index contributed by atoms with van der Waals surface area (Å²) >= 11 is 1.49. The number of nitrogens with zero attached hydrogens (tertiary/aromatic N) is 3. The van der Waals surface area contributed by atoms with Gasteiger partial charge in [-0.1, -0.05) is 6.07 Å². The first-order chi connectivity index (χ1) is 14.8. The molecule has 0 amide bonds. The van der Waals surface area contributed by atoms with Gasteiger partial charge in [-0.25, -0.2) is 15.0 Å². The van der Waals surface area contributed by atoms with Crippen LogP contribution in [0.4, 0.5) is 24.8 Å². The minimum atomic E-state index is -4.54. The van der Waals surface area contributed by atoms with Crippen molar-refractivity contribution in [2.45, 2.75) is 38.8 Å². The molecule has 0 radical (unpaired) electrons. The quantitative estimate of drug-likeness (QED) is 0.519. The van der Waals surface area contributed by atoms with Crippen LogP contribution in [-0.2, 0) is 11.0 Å². The zero-order valence-corrected chi connectivity index (χ0v) is 17.5. The molecule has 0 saturated heterocycles. The van der Waals surface area contributed by atoms with Gasteiger partial charge < -0.3 is 5.32 Å². The van der Waals surface area contributed by atoms with E-state index in [2.05, 4.69) is 20.3 Å². The number of carbonyl (C=O) groups is 1. The molecular weight excluding hydrogens is 425 g/mol. The molecule has 3 aromatic rings. The minimum Gasteiger partial charge on any atom is -0.324 e. The third-order valence-corrected chi connectivity index (χ3v) is 5.92. The van der Waals surface area contributed by atoms with E-state index in [1.54, 1.807) is 12.3 Å². The summed E-state index contributed by atoms with van der Waals surface area (Å²) in [6, 6.07) is 6.43. The predicted molar refractivity (Wildman–Crippen MR) is 114 cm³/mol. The number of benzene rings is 1. The number of ketones is 1. The average Bonchev–Trinajstić information content (AvgIpc) is 3.10. The van der Waals surface area contributed by atoms with Crippen molar-refractivity contribution in [3.8, 4) is 10.4 Å². The largest absolute Gasteiger partial charge is 0.433 e. The molecular formula is C22H19F3N4OS. The molecule has 1 aromatic carbocycles. The Morgan fingerprint density at radius 2 is 1.90 bits per heavy atom. The molecule has 9 heteroatoms. The van der Waals surface area contributed by atoms with Gasteiger partial charge in [-0.15, -0.1) is 11.3 Å². The lowest BCUT2D eigenvalue weighted by molar-refractivity contribution is -0.141. The first-order valence-corrected chi connectivity index (χ1v) is 10.6. The first kappa shape index (κ1) is 21.2. The van der Waals surface area contributed by atoms with Gasteiger partial charge in [0.2, 0.25) is 5.95 Å². The van der Waals surface area contributed by atoms with Crippen LogP contribution in [0.25, 0.3) is 16.0 Å².